The summed E-state index contributed by atoms with van der Waals surface area (Å²) in [4.78, 5) is 23.5. The van der Waals surface area contributed by atoms with Crippen molar-refractivity contribution in [1.82, 2.24) is 9.78 Å². The van der Waals surface area contributed by atoms with Crippen LogP contribution in [0.15, 0.2) is 35.1 Å². The quantitative estimate of drug-likeness (QED) is 0.911. The summed E-state index contributed by atoms with van der Waals surface area (Å²) in [5.41, 5.74) is 1.13. The van der Waals surface area contributed by atoms with Gasteiger partial charge in [0, 0.05) is 5.56 Å². The molecule has 0 spiro atoms. The molecular weight excluding hydrogens is 244 g/mol. The number of hydrogen-bond acceptors (Lipinski definition) is 3. The summed E-state index contributed by atoms with van der Waals surface area (Å²) in [7, 11) is 0. The molecule has 19 heavy (non-hydrogen) atoms. The Morgan fingerprint density at radius 2 is 1.95 bits per heavy atom. The maximum atomic E-state index is 12.3. The van der Waals surface area contributed by atoms with Gasteiger partial charge in [-0.25, -0.2) is 4.79 Å². The average Bonchev–Trinajstić information content (AvgIpc) is 2.40. The van der Waals surface area contributed by atoms with Crippen molar-refractivity contribution in [2.45, 2.75) is 20.3 Å². The number of benzene rings is 1. The van der Waals surface area contributed by atoms with Gasteiger partial charge in [-0.15, -0.1) is 0 Å². The van der Waals surface area contributed by atoms with Crippen molar-refractivity contribution in [2.24, 2.45) is 0 Å². The molecule has 0 aliphatic carbocycles. The van der Waals surface area contributed by atoms with E-state index in [2.05, 4.69) is 5.10 Å². The number of carboxylic acids is 1. The van der Waals surface area contributed by atoms with Gasteiger partial charge in [-0.3, -0.25) is 4.79 Å². The summed E-state index contributed by atoms with van der Waals surface area (Å²) in [5, 5.41) is 13.1. The fourth-order valence-corrected chi connectivity index (χ4v) is 2.02. The molecule has 1 aromatic carbocycles. The fraction of sp³-hybridized carbons (Fsp3) is 0.214. The van der Waals surface area contributed by atoms with E-state index < -0.39 is 5.97 Å². The summed E-state index contributed by atoms with van der Waals surface area (Å²) in [6.45, 7) is 3.44. The molecule has 0 amide bonds. The summed E-state index contributed by atoms with van der Waals surface area (Å²) < 4.78 is 1.15. The molecule has 0 atom stereocenters. The second kappa shape index (κ2) is 5.06. The summed E-state index contributed by atoms with van der Waals surface area (Å²) >= 11 is 0. The van der Waals surface area contributed by atoms with E-state index in [0.29, 0.717) is 23.2 Å². The first-order chi connectivity index (χ1) is 9.06. The zero-order valence-electron chi connectivity index (χ0n) is 10.8. The highest BCUT2D eigenvalue weighted by atomic mass is 16.4. The molecule has 0 fully saturated rings. The van der Waals surface area contributed by atoms with Crippen molar-refractivity contribution < 1.29 is 9.90 Å². The highest BCUT2D eigenvalue weighted by molar-refractivity contribution is 5.87. The molecule has 2 rings (SSSR count). The molecule has 2 aromatic rings. The van der Waals surface area contributed by atoms with Crippen LogP contribution >= 0.6 is 0 Å². The van der Waals surface area contributed by atoms with Gasteiger partial charge in [0.15, 0.2) is 5.69 Å². The molecule has 0 saturated heterocycles. The zero-order valence-corrected chi connectivity index (χ0v) is 10.8. The maximum absolute atomic E-state index is 12.3. The van der Waals surface area contributed by atoms with Crippen molar-refractivity contribution in [3.8, 4) is 5.69 Å². The zero-order chi connectivity index (χ0) is 14.0. The lowest BCUT2D eigenvalue weighted by molar-refractivity contribution is 0.0687. The number of carbonyl (C=O) groups is 1. The third-order valence-corrected chi connectivity index (χ3v) is 3.02. The van der Waals surface area contributed by atoms with Crippen molar-refractivity contribution in [1.29, 1.82) is 0 Å². The van der Waals surface area contributed by atoms with Gasteiger partial charge in [-0.2, -0.15) is 9.78 Å². The number of para-hydroxylation sites is 1. The summed E-state index contributed by atoms with van der Waals surface area (Å²) in [6.07, 6.45) is 0.473. The first kappa shape index (κ1) is 13.0. The van der Waals surface area contributed by atoms with E-state index in [1.807, 2.05) is 13.0 Å². The smallest absolute Gasteiger partial charge is 0.356 e. The maximum Gasteiger partial charge on any atom is 0.356 e. The Labute approximate surface area is 110 Å². The third-order valence-electron chi connectivity index (χ3n) is 3.02. The van der Waals surface area contributed by atoms with Crippen LogP contribution in [0.4, 0.5) is 0 Å². The Morgan fingerprint density at radius 3 is 2.47 bits per heavy atom. The molecule has 1 heterocycles. The van der Waals surface area contributed by atoms with Crippen molar-refractivity contribution in [2.75, 3.05) is 0 Å². The molecule has 0 aliphatic heterocycles. The van der Waals surface area contributed by atoms with Gasteiger partial charge in [0.25, 0.3) is 5.56 Å². The van der Waals surface area contributed by atoms with Crippen LogP contribution in [-0.4, -0.2) is 20.9 Å². The van der Waals surface area contributed by atoms with E-state index in [0.717, 1.165) is 4.68 Å². The minimum Gasteiger partial charge on any atom is -0.476 e. The van der Waals surface area contributed by atoms with Crippen molar-refractivity contribution >= 4 is 5.97 Å². The highest BCUT2D eigenvalue weighted by Crippen LogP contribution is 2.11. The summed E-state index contributed by atoms with van der Waals surface area (Å²) in [6, 6.07) is 8.80. The molecule has 98 valence electrons. The lowest BCUT2D eigenvalue weighted by Gasteiger charge is -2.11. The minimum absolute atomic E-state index is 0.0831. The molecular formula is C14H14N2O3. The van der Waals surface area contributed by atoms with Gasteiger partial charge < -0.3 is 5.11 Å². The lowest BCUT2D eigenvalue weighted by atomic mass is 10.1. The largest absolute Gasteiger partial charge is 0.476 e. The lowest BCUT2D eigenvalue weighted by Crippen LogP contribution is -2.29. The van der Waals surface area contributed by atoms with Gasteiger partial charge >= 0.3 is 5.97 Å². The number of aromatic nitrogens is 2. The topological polar surface area (TPSA) is 72.2 Å². The Kier molecular flexibility index (Phi) is 3.46. The van der Waals surface area contributed by atoms with Gasteiger partial charge in [0.05, 0.1) is 5.69 Å². The highest BCUT2D eigenvalue weighted by Gasteiger charge is 2.18. The molecule has 0 aliphatic rings. The SMILES string of the molecule is CCc1c(C)c(C(=O)O)nn(-c2ccccc2)c1=O. The third kappa shape index (κ3) is 2.27. The molecule has 5 nitrogen and oxygen atoms in total. The van der Waals surface area contributed by atoms with Crippen LogP contribution in [-0.2, 0) is 6.42 Å². The van der Waals surface area contributed by atoms with Crippen LogP contribution < -0.4 is 5.56 Å². The van der Waals surface area contributed by atoms with Crippen LogP contribution in [0, 0.1) is 6.92 Å². The predicted octanol–water partition coefficient (Wildman–Crippen LogP) is 1.80. The first-order valence-corrected chi connectivity index (χ1v) is 5.97. The van der Waals surface area contributed by atoms with Gasteiger partial charge in [-0.05, 0) is 31.0 Å². The Balaban J connectivity index is 2.79. The number of rotatable bonds is 3. The molecule has 0 radical (unpaired) electrons. The Hall–Kier alpha value is -2.43. The second-order valence-corrected chi connectivity index (χ2v) is 4.16. The van der Waals surface area contributed by atoms with Crippen LogP contribution in [0.5, 0.6) is 0 Å². The van der Waals surface area contributed by atoms with Gasteiger partial charge in [0.2, 0.25) is 0 Å². The number of carboxylic acid groups (broad SMARTS) is 1. The van der Waals surface area contributed by atoms with E-state index in [9.17, 15) is 9.59 Å². The molecule has 0 unspecified atom stereocenters. The van der Waals surface area contributed by atoms with E-state index in [4.69, 9.17) is 5.11 Å². The molecule has 5 heteroatoms. The molecule has 1 N–H and O–H groups in total. The van der Waals surface area contributed by atoms with Gasteiger partial charge in [0.1, 0.15) is 0 Å². The number of aromatic carboxylic acids is 1. The summed E-state index contributed by atoms with van der Waals surface area (Å²) in [5.74, 6) is -1.13. The number of hydrogen-bond donors (Lipinski definition) is 1. The van der Waals surface area contributed by atoms with Crippen LogP contribution in [0.1, 0.15) is 28.5 Å². The monoisotopic (exact) mass is 258 g/mol. The van der Waals surface area contributed by atoms with Crippen LogP contribution in [0.25, 0.3) is 5.69 Å². The molecule has 0 bridgehead atoms. The fourth-order valence-electron chi connectivity index (χ4n) is 2.02. The molecule has 1 aromatic heterocycles. The van der Waals surface area contributed by atoms with Crippen LogP contribution in [0.3, 0.4) is 0 Å². The van der Waals surface area contributed by atoms with Crippen molar-refractivity contribution in [3.63, 3.8) is 0 Å². The second-order valence-electron chi connectivity index (χ2n) is 4.16. The number of nitrogens with zero attached hydrogens (tertiary/aromatic N) is 2. The normalized spacial score (nSPS) is 10.4. The van der Waals surface area contributed by atoms with E-state index in [1.165, 1.54) is 0 Å². The predicted molar refractivity (Wildman–Crippen MR) is 70.9 cm³/mol. The standard InChI is InChI=1S/C14H14N2O3/c1-3-11-9(2)12(14(18)19)15-16(13(11)17)10-7-5-4-6-8-10/h4-8H,3H2,1-2H3,(H,18,19). The molecule has 0 saturated carbocycles. The first-order valence-electron chi connectivity index (χ1n) is 5.97. The van der Waals surface area contributed by atoms with E-state index in [1.54, 1.807) is 31.2 Å². The average molecular weight is 258 g/mol. The minimum atomic E-state index is -1.13. The van der Waals surface area contributed by atoms with E-state index >= 15 is 0 Å². The Morgan fingerprint density at radius 1 is 1.32 bits per heavy atom. The van der Waals surface area contributed by atoms with Gasteiger partial charge in [-0.1, -0.05) is 25.1 Å². The van der Waals surface area contributed by atoms with Crippen LogP contribution in [0.2, 0.25) is 0 Å². The van der Waals surface area contributed by atoms with Crippen molar-refractivity contribution in [3.05, 3.63) is 57.5 Å². The Bertz CT molecular complexity index is 675. The van der Waals surface area contributed by atoms with E-state index in [-0.39, 0.29) is 11.3 Å².